The zero-order chi connectivity index (χ0) is 32.5. The van der Waals surface area contributed by atoms with Gasteiger partial charge in [-0.25, -0.2) is 0 Å². The lowest BCUT2D eigenvalue weighted by Crippen LogP contribution is -2.26. The number of hydrogen-bond donors (Lipinski definition) is 0. The van der Waals surface area contributed by atoms with Crippen LogP contribution in [0.1, 0.15) is 41.4 Å². The zero-order valence-corrected chi connectivity index (χ0v) is 25.1. The number of fused-ring (bicyclic) bond motifs is 2. The number of aromatic carboxylic acids is 4. The first-order chi connectivity index (χ1) is 22.1. The van der Waals surface area contributed by atoms with Gasteiger partial charge in [0, 0.05) is 52.6 Å². The van der Waals surface area contributed by atoms with E-state index in [1.165, 1.54) is 59.9 Å². The van der Waals surface area contributed by atoms with Crippen molar-refractivity contribution < 1.29 is 39.6 Å². The van der Waals surface area contributed by atoms with E-state index in [0.717, 1.165) is 20.9 Å². The SMILES string of the molecule is O=C([O-])c1cccc2c(Sc3ccc(-c4ccc(Sc5ccc(C(=O)[O-])c6c(C(=O)[O-])cccc56)cc4)cc3)ccc(C(=O)[O-])c12. The number of carboxylic acids is 4. The van der Waals surface area contributed by atoms with Crippen LogP contribution in [-0.4, -0.2) is 23.9 Å². The van der Waals surface area contributed by atoms with Gasteiger partial charge in [0.05, 0.1) is 23.9 Å². The fraction of sp³-hybridized carbons (Fsp3) is 0. The van der Waals surface area contributed by atoms with Gasteiger partial charge in [0.2, 0.25) is 0 Å². The van der Waals surface area contributed by atoms with Gasteiger partial charge in [-0.3, -0.25) is 0 Å². The molecule has 0 aliphatic carbocycles. The predicted molar refractivity (Wildman–Crippen MR) is 165 cm³/mol. The molecule has 0 bridgehead atoms. The zero-order valence-electron chi connectivity index (χ0n) is 23.5. The topological polar surface area (TPSA) is 161 Å². The van der Waals surface area contributed by atoms with Gasteiger partial charge >= 0.3 is 0 Å². The molecule has 0 unspecified atom stereocenters. The van der Waals surface area contributed by atoms with Gasteiger partial charge in [-0.1, -0.05) is 96.3 Å². The minimum atomic E-state index is -1.48. The lowest BCUT2D eigenvalue weighted by atomic mass is 9.99. The first-order valence-corrected chi connectivity index (χ1v) is 15.3. The van der Waals surface area contributed by atoms with Crippen molar-refractivity contribution in [1.82, 2.24) is 0 Å². The van der Waals surface area contributed by atoms with Crippen molar-refractivity contribution in [2.24, 2.45) is 0 Å². The minimum Gasteiger partial charge on any atom is -0.545 e. The molecule has 226 valence electrons. The second-order valence-corrected chi connectivity index (χ2v) is 12.3. The Hall–Kier alpha value is -5.58. The molecule has 0 saturated heterocycles. The van der Waals surface area contributed by atoms with Crippen LogP contribution in [0.2, 0.25) is 0 Å². The highest BCUT2D eigenvalue weighted by molar-refractivity contribution is 7.99. The summed E-state index contributed by atoms with van der Waals surface area (Å²) in [4.78, 5) is 49.8. The van der Waals surface area contributed by atoms with Crippen LogP contribution in [0.25, 0.3) is 32.7 Å². The van der Waals surface area contributed by atoms with Crippen LogP contribution in [0.5, 0.6) is 0 Å². The summed E-state index contributed by atoms with van der Waals surface area (Å²) >= 11 is 2.72. The van der Waals surface area contributed by atoms with Crippen LogP contribution in [-0.2, 0) is 0 Å². The van der Waals surface area contributed by atoms with Crippen molar-refractivity contribution in [1.29, 1.82) is 0 Å². The maximum Gasteiger partial charge on any atom is 0.0721 e. The smallest absolute Gasteiger partial charge is 0.0721 e. The summed E-state index contributed by atoms with van der Waals surface area (Å²) in [6.45, 7) is 0. The van der Waals surface area contributed by atoms with Gasteiger partial charge < -0.3 is 39.6 Å². The van der Waals surface area contributed by atoms with E-state index < -0.39 is 23.9 Å². The fourth-order valence-electron chi connectivity index (χ4n) is 5.30. The summed E-state index contributed by atoms with van der Waals surface area (Å²) in [6, 6.07) is 30.3. The highest BCUT2D eigenvalue weighted by atomic mass is 32.2. The monoisotopic (exact) mass is 642 g/mol. The van der Waals surface area contributed by atoms with Crippen LogP contribution < -0.4 is 20.4 Å². The maximum atomic E-state index is 11.7. The van der Waals surface area contributed by atoms with Gasteiger partial charge in [0.15, 0.2) is 0 Å². The molecule has 0 saturated carbocycles. The van der Waals surface area contributed by atoms with Crippen LogP contribution in [0.3, 0.4) is 0 Å². The quantitative estimate of drug-likeness (QED) is 0.229. The Morgan fingerprint density at radius 2 is 0.717 bits per heavy atom. The predicted octanol–water partition coefficient (Wildman–Crippen LogP) is 3.42. The molecule has 6 aromatic rings. The highest BCUT2D eigenvalue weighted by Crippen LogP contribution is 2.39. The van der Waals surface area contributed by atoms with E-state index >= 15 is 0 Å². The Morgan fingerprint density at radius 3 is 1.04 bits per heavy atom. The molecule has 0 amide bonds. The number of carboxylic acid groups (broad SMARTS) is 4. The van der Waals surface area contributed by atoms with Gasteiger partial charge in [-0.15, -0.1) is 0 Å². The van der Waals surface area contributed by atoms with Crippen LogP contribution in [0.15, 0.2) is 129 Å². The van der Waals surface area contributed by atoms with Gasteiger partial charge in [0.25, 0.3) is 0 Å². The number of carbonyl (C=O) groups excluding carboxylic acids is 4. The number of rotatable bonds is 9. The molecule has 46 heavy (non-hydrogen) atoms. The average Bonchev–Trinajstić information content (AvgIpc) is 3.04. The summed E-state index contributed by atoms with van der Waals surface area (Å²) in [5, 5.41) is 47.8. The number of hydrogen-bond acceptors (Lipinski definition) is 10. The van der Waals surface area contributed by atoms with E-state index in [0.29, 0.717) is 20.6 Å². The highest BCUT2D eigenvalue weighted by Gasteiger charge is 2.15. The van der Waals surface area contributed by atoms with Crippen molar-refractivity contribution in [2.45, 2.75) is 19.6 Å². The third-order valence-corrected chi connectivity index (χ3v) is 9.55. The van der Waals surface area contributed by atoms with Crippen LogP contribution in [0.4, 0.5) is 0 Å². The molecule has 0 aromatic heterocycles. The molecule has 0 atom stereocenters. The normalized spacial score (nSPS) is 11.0. The van der Waals surface area contributed by atoms with E-state index in [2.05, 4.69) is 0 Å². The Balaban J connectivity index is 1.25. The summed E-state index contributed by atoms with van der Waals surface area (Å²) in [7, 11) is 0. The largest absolute Gasteiger partial charge is 0.545 e. The summed E-state index contributed by atoms with van der Waals surface area (Å²) in [5.41, 5.74) is 0.976. The molecule has 0 fully saturated rings. The second-order valence-electron chi connectivity index (χ2n) is 10.1. The molecule has 0 heterocycles. The molecule has 0 aliphatic rings. The van der Waals surface area contributed by atoms with Gasteiger partial charge in [0.1, 0.15) is 0 Å². The Morgan fingerprint density at radius 1 is 0.391 bits per heavy atom. The first-order valence-electron chi connectivity index (χ1n) is 13.7. The first kappa shape index (κ1) is 30.4. The molecule has 0 aliphatic heterocycles. The maximum absolute atomic E-state index is 11.7. The third-order valence-electron chi connectivity index (χ3n) is 7.38. The van der Waals surface area contributed by atoms with E-state index in [1.54, 1.807) is 24.3 Å². The molecule has 0 N–H and O–H groups in total. The van der Waals surface area contributed by atoms with Crippen LogP contribution in [0, 0.1) is 0 Å². The van der Waals surface area contributed by atoms with Gasteiger partial charge in [-0.2, -0.15) is 0 Å². The molecule has 0 spiro atoms. The Bertz CT molecular complexity index is 2010. The van der Waals surface area contributed by atoms with E-state index in [9.17, 15) is 39.6 Å². The van der Waals surface area contributed by atoms with Crippen molar-refractivity contribution >= 4 is 68.9 Å². The minimum absolute atomic E-state index is 0.0595. The number of benzene rings is 6. The van der Waals surface area contributed by atoms with Gasteiger partial charge in [-0.05, 0) is 58.3 Å². The fourth-order valence-corrected chi connectivity index (χ4v) is 7.19. The van der Waals surface area contributed by atoms with E-state index in [-0.39, 0.29) is 33.0 Å². The van der Waals surface area contributed by atoms with E-state index in [1.807, 2.05) is 48.5 Å². The molecular weight excluding hydrogens is 625 g/mol. The molecule has 6 rings (SSSR count). The van der Waals surface area contributed by atoms with Crippen molar-refractivity contribution in [3.8, 4) is 11.1 Å². The lowest BCUT2D eigenvalue weighted by Gasteiger charge is -2.16. The van der Waals surface area contributed by atoms with Crippen molar-refractivity contribution in [3.05, 3.63) is 131 Å². The third kappa shape index (κ3) is 5.79. The van der Waals surface area contributed by atoms with Crippen molar-refractivity contribution in [3.63, 3.8) is 0 Å². The summed E-state index contributed by atoms with van der Waals surface area (Å²) < 4.78 is 0. The standard InChI is InChI=1S/C36H22O8S2/c37-33(38)25-5-1-3-23-29(17-15-27(31(23)25)35(41)42)45-21-11-7-19(8-12-21)20-9-13-22(14-10-20)46-30-18-16-28(36(43)44)32-24(30)4-2-6-26(32)34(39)40/h1-18H,(H,37,38)(H,39,40)(H,41,42)(H,43,44)/p-4. The Kier molecular flexibility index (Phi) is 8.23. The Labute approximate surface area is 269 Å². The number of carbonyl (C=O) groups is 4. The molecule has 6 aromatic carbocycles. The van der Waals surface area contributed by atoms with E-state index in [4.69, 9.17) is 0 Å². The lowest BCUT2D eigenvalue weighted by molar-refractivity contribution is -0.256. The van der Waals surface area contributed by atoms with Crippen molar-refractivity contribution in [2.75, 3.05) is 0 Å². The summed E-state index contributed by atoms with van der Waals surface area (Å²) in [6.07, 6.45) is 0. The summed E-state index contributed by atoms with van der Waals surface area (Å²) in [5.74, 6) is -5.90. The molecule has 0 radical (unpaired) electrons. The molecule has 10 heteroatoms. The molecular formula is C36H18O8S2-4. The average molecular weight is 643 g/mol. The molecule has 8 nitrogen and oxygen atoms in total. The second kappa shape index (κ2) is 12.4. The van der Waals surface area contributed by atoms with Crippen LogP contribution >= 0.6 is 23.5 Å².